The molecule has 0 saturated heterocycles. The molecule has 0 fully saturated rings. The Balaban J connectivity index is 1.25. The predicted molar refractivity (Wildman–Crippen MR) is 199 cm³/mol. The highest BCUT2D eigenvalue weighted by Gasteiger charge is 2.40. The average Bonchev–Trinajstić information content (AvgIpc) is 3.38. The van der Waals surface area contributed by atoms with E-state index in [0.29, 0.717) is 17.5 Å². The molecule has 9 rings (SSSR count). The van der Waals surface area contributed by atoms with Crippen molar-refractivity contribution in [2.45, 2.75) is 13.1 Å². The molecule has 1 aromatic heterocycles. The molecule has 0 amide bonds. The third-order valence-electron chi connectivity index (χ3n) is 9.70. The van der Waals surface area contributed by atoms with Crippen LogP contribution in [0.3, 0.4) is 0 Å². The van der Waals surface area contributed by atoms with E-state index in [2.05, 4.69) is 147 Å². The van der Waals surface area contributed by atoms with Gasteiger partial charge < -0.3 is 0 Å². The number of aromatic nitrogens is 3. The summed E-state index contributed by atoms with van der Waals surface area (Å²) in [6, 6.07) is 54.0. The van der Waals surface area contributed by atoms with Crippen LogP contribution in [0.25, 0.3) is 78.0 Å². The molecule has 0 unspecified atom stereocenters. The maximum Gasteiger partial charge on any atom is 0.164 e. The van der Waals surface area contributed by atoms with Gasteiger partial charge in [0.15, 0.2) is 17.5 Å². The van der Waals surface area contributed by atoms with Crippen LogP contribution in [0, 0.1) is 0 Å². The van der Waals surface area contributed by atoms with E-state index in [1.165, 1.54) is 48.8 Å². The SMILES string of the molecule is C[Si]1(C)c2cccc(-c3nc(-c4ccccc4)nc(-c4ccc5cc(-c6ccccc6)ccc5c4)n3)c2-c2c1ccc1ccccc21. The fourth-order valence-electron chi connectivity index (χ4n) is 7.27. The Morgan fingerprint density at radius 1 is 0.383 bits per heavy atom. The molecule has 0 spiro atoms. The van der Waals surface area contributed by atoms with Crippen LogP contribution in [0.5, 0.6) is 0 Å². The van der Waals surface area contributed by atoms with Gasteiger partial charge in [0.1, 0.15) is 8.07 Å². The number of fused-ring (bicyclic) bond motifs is 6. The van der Waals surface area contributed by atoms with Gasteiger partial charge >= 0.3 is 0 Å². The van der Waals surface area contributed by atoms with E-state index in [0.717, 1.165) is 22.1 Å². The second-order valence-corrected chi connectivity index (χ2v) is 17.2. The normalized spacial score (nSPS) is 13.1. The summed E-state index contributed by atoms with van der Waals surface area (Å²) in [5.74, 6) is 2.05. The molecule has 7 aromatic carbocycles. The van der Waals surface area contributed by atoms with E-state index < -0.39 is 8.07 Å². The van der Waals surface area contributed by atoms with Crippen molar-refractivity contribution >= 4 is 40.0 Å². The van der Waals surface area contributed by atoms with E-state index in [9.17, 15) is 0 Å². The highest BCUT2D eigenvalue weighted by atomic mass is 28.3. The number of hydrogen-bond donors (Lipinski definition) is 0. The summed E-state index contributed by atoms with van der Waals surface area (Å²) in [5, 5.41) is 7.79. The zero-order valence-electron chi connectivity index (χ0n) is 26.3. The summed E-state index contributed by atoms with van der Waals surface area (Å²) in [6.45, 7) is 4.92. The fourth-order valence-corrected chi connectivity index (χ4v) is 10.3. The van der Waals surface area contributed by atoms with E-state index >= 15 is 0 Å². The lowest BCUT2D eigenvalue weighted by atomic mass is 9.94. The van der Waals surface area contributed by atoms with E-state index in [4.69, 9.17) is 15.0 Å². The Bertz CT molecular complexity index is 2490. The summed E-state index contributed by atoms with van der Waals surface area (Å²) in [7, 11) is -1.95. The molecule has 3 nitrogen and oxygen atoms in total. The third-order valence-corrected chi connectivity index (χ3v) is 13.2. The summed E-state index contributed by atoms with van der Waals surface area (Å²) in [6.07, 6.45) is 0. The first-order valence-corrected chi connectivity index (χ1v) is 19.1. The molecule has 1 aliphatic heterocycles. The summed E-state index contributed by atoms with van der Waals surface area (Å²) in [4.78, 5) is 15.5. The molecular formula is C43H31N3Si. The molecule has 2 heterocycles. The van der Waals surface area contributed by atoms with Gasteiger partial charge in [0, 0.05) is 16.7 Å². The molecule has 0 bridgehead atoms. The van der Waals surface area contributed by atoms with Gasteiger partial charge in [0.25, 0.3) is 0 Å². The van der Waals surface area contributed by atoms with E-state index in [1.54, 1.807) is 0 Å². The minimum absolute atomic E-state index is 0.674. The minimum Gasteiger partial charge on any atom is -0.208 e. The van der Waals surface area contributed by atoms with E-state index in [-0.39, 0.29) is 0 Å². The highest BCUT2D eigenvalue weighted by molar-refractivity contribution is 7.04. The van der Waals surface area contributed by atoms with Crippen LogP contribution in [-0.2, 0) is 0 Å². The fraction of sp³-hybridized carbons (Fsp3) is 0.0465. The second-order valence-electron chi connectivity index (χ2n) is 12.9. The molecule has 4 heteroatoms. The zero-order chi connectivity index (χ0) is 31.5. The Morgan fingerprint density at radius 3 is 1.72 bits per heavy atom. The second kappa shape index (κ2) is 10.7. The summed E-state index contributed by atoms with van der Waals surface area (Å²) < 4.78 is 0. The quantitative estimate of drug-likeness (QED) is 0.185. The lowest BCUT2D eigenvalue weighted by molar-refractivity contribution is 1.08. The Morgan fingerprint density at radius 2 is 0.957 bits per heavy atom. The van der Waals surface area contributed by atoms with Crippen molar-refractivity contribution in [2.75, 3.05) is 0 Å². The van der Waals surface area contributed by atoms with Crippen LogP contribution in [-0.4, -0.2) is 23.0 Å². The van der Waals surface area contributed by atoms with Gasteiger partial charge in [-0.3, -0.25) is 0 Å². The lowest BCUT2D eigenvalue weighted by Crippen LogP contribution is -2.49. The van der Waals surface area contributed by atoms with Crippen molar-refractivity contribution in [1.29, 1.82) is 0 Å². The van der Waals surface area contributed by atoms with Crippen molar-refractivity contribution in [3.63, 3.8) is 0 Å². The van der Waals surface area contributed by atoms with Crippen molar-refractivity contribution in [3.8, 4) is 56.4 Å². The van der Waals surface area contributed by atoms with Gasteiger partial charge in [-0.1, -0.05) is 153 Å². The van der Waals surface area contributed by atoms with Crippen LogP contribution < -0.4 is 10.4 Å². The Hall–Kier alpha value is -5.71. The molecule has 8 aromatic rings. The molecule has 0 N–H and O–H groups in total. The lowest BCUT2D eigenvalue weighted by Gasteiger charge is -2.19. The molecule has 0 radical (unpaired) electrons. The molecule has 47 heavy (non-hydrogen) atoms. The van der Waals surface area contributed by atoms with Crippen LogP contribution in [0.1, 0.15) is 0 Å². The number of nitrogens with zero attached hydrogens (tertiary/aromatic N) is 3. The first kappa shape index (κ1) is 27.6. The van der Waals surface area contributed by atoms with Crippen LogP contribution >= 0.6 is 0 Å². The molecule has 0 atom stereocenters. The number of hydrogen-bond acceptors (Lipinski definition) is 3. The Kier molecular flexibility index (Phi) is 6.27. The van der Waals surface area contributed by atoms with Gasteiger partial charge in [0.2, 0.25) is 0 Å². The van der Waals surface area contributed by atoms with Gasteiger partial charge in [-0.05, 0) is 66.3 Å². The largest absolute Gasteiger partial charge is 0.208 e. The topological polar surface area (TPSA) is 38.7 Å². The molecular weight excluding hydrogens is 587 g/mol. The summed E-state index contributed by atoms with van der Waals surface area (Å²) in [5.41, 5.74) is 8.04. The molecule has 0 saturated carbocycles. The van der Waals surface area contributed by atoms with Crippen molar-refractivity contribution in [1.82, 2.24) is 15.0 Å². The van der Waals surface area contributed by atoms with Gasteiger partial charge in [-0.15, -0.1) is 0 Å². The number of benzene rings is 7. The zero-order valence-corrected chi connectivity index (χ0v) is 27.3. The third kappa shape index (κ3) is 4.52. The highest BCUT2D eigenvalue weighted by Crippen LogP contribution is 2.40. The van der Waals surface area contributed by atoms with Crippen molar-refractivity contribution in [3.05, 3.63) is 152 Å². The van der Waals surface area contributed by atoms with Gasteiger partial charge in [-0.25, -0.2) is 15.0 Å². The first-order chi connectivity index (χ1) is 23.0. The molecule has 0 aliphatic carbocycles. The van der Waals surface area contributed by atoms with Crippen LogP contribution in [0.15, 0.2) is 152 Å². The standard InChI is InChI=1S/C43H31N3Si/c1-47(2)37-19-11-18-36(40(37)39-35-17-10-9-14-29(35)24-25-38(39)47)43-45-41(30-15-7-4-8-16-30)44-42(46-43)34-23-22-32-26-31(20-21-33(32)27-34)28-12-5-3-6-13-28/h3-27H,1-2H3. The van der Waals surface area contributed by atoms with Crippen LogP contribution in [0.2, 0.25) is 13.1 Å². The van der Waals surface area contributed by atoms with Crippen LogP contribution in [0.4, 0.5) is 0 Å². The van der Waals surface area contributed by atoms with Gasteiger partial charge in [-0.2, -0.15) is 0 Å². The Labute approximate surface area is 275 Å². The maximum absolute atomic E-state index is 5.24. The monoisotopic (exact) mass is 617 g/mol. The smallest absolute Gasteiger partial charge is 0.164 e. The van der Waals surface area contributed by atoms with Crippen molar-refractivity contribution in [2.24, 2.45) is 0 Å². The van der Waals surface area contributed by atoms with E-state index in [1.807, 2.05) is 18.2 Å². The number of rotatable bonds is 4. The summed E-state index contributed by atoms with van der Waals surface area (Å²) >= 11 is 0. The molecule has 1 aliphatic rings. The first-order valence-electron chi connectivity index (χ1n) is 16.1. The molecule has 222 valence electrons. The minimum atomic E-state index is -1.95. The van der Waals surface area contributed by atoms with Gasteiger partial charge in [0.05, 0.1) is 0 Å². The van der Waals surface area contributed by atoms with Crippen molar-refractivity contribution < 1.29 is 0 Å². The average molecular weight is 618 g/mol. The predicted octanol–water partition coefficient (Wildman–Crippen LogP) is 9.65. The maximum atomic E-state index is 5.24.